The van der Waals surface area contributed by atoms with E-state index in [-0.39, 0.29) is 0 Å². The van der Waals surface area contributed by atoms with Crippen LogP contribution < -0.4 is 4.74 Å². The van der Waals surface area contributed by atoms with Gasteiger partial charge in [0.05, 0.1) is 12.8 Å². The van der Waals surface area contributed by atoms with Gasteiger partial charge in [-0.1, -0.05) is 25.1 Å². The molecule has 1 fully saturated rings. The molecule has 0 amide bonds. The lowest BCUT2D eigenvalue weighted by atomic mass is 9.96. The van der Waals surface area contributed by atoms with Crippen molar-refractivity contribution in [2.24, 2.45) is 5.92 Å². The molecular weight excluding hydrogens is 346 g/mol. The zero-order chi connectivity index (χ0) is 19.8. The fraction of sp³-hybridized carbons (Fsp3) is 0.542. The number of likely N-dealkylation sites (tertiary alicyclic amines) is 1. The number of nitrogens with zero attached hydrogens (tertiary/aromatic N) is 3. The van der Waals surface area contributed by atoms with Crippen LogP contribution in [0.3, 0.4) is 0 Å². The van der Waals surface area contributed by atoms with E-state index in [0.717, 1.165) is 43.4 Å². The molecule has 152 valence electrons. The van der Waals surface area contributed by atoms with Gasteiger partial charge in [-0.05, 0) is 75.0 Å². The highest BCUT2D eigenvalue weighted by Gasteiger charge is 2.21. The zero-order valence-electron chi connectivity index (χ0n) is 17.7. The Balaban J connectivity index is 1.49. The molecule has 4 heteroatoms. The second-order valence-corrected chi connectivity index (χ2v) is 8.01. The molecule has 28 heavy (non-hydrogen) atoms. The number of aromatic nitrogens is 1. The first-order valence-electron chi connectivity index (χ1n) is 10.7. The van der Waals surface area contributed by atoms with Crippen LogP contribution in [0.25, 0.3) is 0 Å². The fourth-order valence-corrected chi connectivity index (χ4v) is 4.21. The number of rotatable bonds is 9. The smallest absolute Gasteiger partial charge is 0.119 e. The van der Waals surface area contributed by atoms with Crippen LogP contribution in [0, 0.1) is 12.8 Å². The Labute approximate surface area is 170 Å². The minimum absolute atomic E-state index is 0.754. The Morgan fingerprint density at radius 1 is 1.21 bits per heavy atom. The standard InChI is InChI=1S/C24H35N3O/c1-4-26(19-23-11-5-8-20(2)25-23)17-22-10-7-14-27(18-22)15-13-21-9-6-12-24(16-21)28-3/h5-6,8-9,11-12,16,22H,4,7,10,13-15,17-19H2,1-3H3. The molecule has 2 aromatic rings. The molecule has 0 radical (unpaired) electrons. The normalized spacial score (nSPS) is 17.8. The summed E-state index contributed by atoms with van der Waals surface area (Å²) in [7, 11) is 1.74. The van der Waals surface area contributed by atoms with Gasteiger partial charge in [-0.15, -0.1) is 0 Å². The Morgan fingerprint density at radius 3 is 2.86 bits per heavy atom. The van der Waals surface area contributed by atoms with Crippen molar-refractivity contribution < 1.29 is 4.74 Å². The molecule has 0 N–H and O–H groups in total. The number of ether oxygens (including phenoxy) is 1. The van der Waals surface area contributed by atoms with Gasteiger partial charge in [0.25, 0.3) is 0 Å². The summed E-state index contributed by atoms with van der Waals surface area (Å²) in [6.07, 6.45) is 3.74. The van der Waals surface area contributed by atoms with Gasteiger partial charge in [-0.3, -0.25) is 9.88 Å². The number of methoxy groups -OCH3 is 1. The van der Waals surface area contributed by atoms with Gasteiger partial charge in [0, 0.05) is 31.9 Å². The van der Waals surface area contributed by atoms with E-state index >= 15 is 0 Å². The highest BCUT2D eigenvalue weighted by Crippen LogP contribution is 2.20. The van der Waals surface area contributed by atoms with E-state index in [1.807, 2.05) is 6.07 Å². The molecule has 1 saturated heterocycles. The van der Waals surface area contributed by atoms with Crippen LogP contribution in [0.4, 0.5) is 0 Å². The molecule has 0 bridgehead atoms. The van der Waals surface area contributed by atoms with E-state index in [1.165, 1.54) is 43.7 Å². The molecule has 1 unspecified atom stereocenters. The van der Waals surface area contributed by atoms with Crippen molar-refractivity contribution in [1.29, 1.82) is 0 Å². The first kappa shape index (κ1) is 20.8. The van der Waals surface area contributed by atoms with Gasteiger partial charge >= 0.3 is 0 Å². The molecule has 3 rings (SSSR count). The highest BCUT2D eigenvalue weighted by molar-refractivity contribution is 5.28. The average Bonchev–Trinajstić information content (AvgIpc) is 2.72. The van der Waals surface area contributed by atoms with Gasteiger partial charge in [0.15, 0.2) is 0 Å². The maximum Gasteiger partial charge on any atom is 0.119 e. The van der Waals surface area contributed by atoms with Crippen molar-refractivity contribution in [2.75, 3.05) is 39.8 Å². The molecule has 4 nitrogen and oxygen atoms in total. The van der Waals surface area contributed by atoms with Crippen LogP contribution in [-0.4, -0.2) is 54.6 Å². The quantitative estimate of drug-likeness (QED) is 0.652. The Hall–Kier alpha value is -1.91. The maximum absolute atomic E-state index is 5.35. The lowest BCUT2D eigenvalue weighted by Gasteiger charge is -2.35. The third-order valence-electron chi connectivity index (χ3n) is 5.75. The minimum Gasteiger partial charge on any atom is -0.497 e. The van der Waals surface area contributed by atoms with Crippen LogP contribution in [0.5, 0.6) is 5.75 Å². The highest BCUT2D eigenvalue weighted by atomic mass is 16.5. The van der Waals surface area contributed by atoms with E-state index in [2.05, 4.69) is 65.0 Å². The van der Waals surface area contributed by atoms with Crippen LogP contribution in [0.2, 0.25) is 0 Å². The number of benzene rings is 1. The first-order valence-corrected chi connectivity index (χ1v) is 10.7. The van der Waals surface area contributed by atoms with Crippen LogP contribution >= 0.6 is 0 Å². The summed E-state index contributed by atoms with van der Waals surface area (Å²) in [5.74, 6) is 1.71. The molecule has 0 aliphatic carbocycles. The lowest BCUT2D eigenvalue weighted by molar-refractivity contribution is 0.132. The minimum atomic E-state index is 0.754. The van der Waals surface area contributed by atoms with Gasteiger partial charge < -0.3 is 9.64 Å². The number of hydrogen-bond acceptors (Lipinski definition) is 4. The Morgan fingerprint density at radius 2 is 2.07 bits per heavy atom. The summed E-state index contributed by atoms with van der Waals surface area (Å²) >= 11 is 0. The Kier molecular flexibility index (Phi) is 7.87. The predicted octanol–water partition coefficient (Wildman–Crippen LogP) is 4.18. The number of aryl methyl sites for hydroxylation is 1. The van der Waals surface area contributed by atoms with E-state index in [9.17, 15) is 0 Å². The van der Waals surface area contributed by atoms with Crippen molar-refractivity contribution >= 4 is 0 Å². The first-order chi connectivity index (χ1) is 13.7. The molecule has 1 aliphatic rings. The third-order valence-corrected chi connectivity index (χ3v) is 5.75. The van der Waals surface area contributed by atoms with E-state index < -0.39 is 0 Å². The second-order valence-electron chi connectivity index (χ2n) is 8.01. The van der Waals surface area contributed by atoms with Crippen LogP contribution in [0.15, 0.2) is 42.5 Å². The summed E-state index contributed by atoms with van der Waals surface area (Å²) in [5, 5.41) is 0. The fourth-order valence-electron chi connectivity index (χ4n) is 4.21. The van der Waals surface area contributed by atoms with E-state index in [1.54, 1.807) is 7.11 Å². The van der Waals surface area contributed by atoms with E-state index in [4.69, 9.17) is 4.74 Å². The largest absolute Gasteiger partial charge is 0.497 e. The molecule has 1 aromatic carbocycles. The SMILES string of the molecule is CCN(Cc1cccc(C)n1)CC1CCCN(CCc2cccc(OC)c2)C1. The number of hydrogen-bond donors (Lipinski definition) is 0. The molecule has 2 heterocycles. The van der Waals surface area contributed by atoms with Gasteiger partial charge in [-0.25, -0.2) is 0 Å². The van der Waals surface area contributed by atoms with Crippen molar-refractivity contribution in [2.45, 2.75) is 39.7 Å². The monoisotopic (exact) mass is 381 g/mol. The molecule has 1 aliphatic heterocycles. The van der Waals surface area contributed by atoms with Gasteiger partial charge in [-0.2, -0.15) is 0 Å². The van der Waals surface area contributed by atoms with Crippen LogP contribution in [-0.2, 0) is 13.0 Å². The Bertz CT molecular complexity index is 733. The number of pyridine rings is 1. The summed E-state index contributed by atoms with van der Waals surface area (Å²) < 4.78 is 5.35. The van der Waals surface area contributed by atoms with E-state index in [0.29, 0.717) is 0 Å². The summed E-state index contributed by atoms with van der Waals surface area (Å²) in [6.45, 7) is 11.1. The maximum atomic E-state index is 5.35. The second kappa shape index (κ2) is 10.6. The lowest BCUT2D eigenvalue weighted by Crippen LogP contribution is -2.41. The third kappa shape index (κ3) is 6.32. The van der Waals surface area contributed by atoms with Crippen LogP contribution in [0.1, 0.15) is 36.7 Å². The van der Waals surface area contributed by atoms with Gasteiger partial charge in [0.1, 0.15) is 5.75 Å². The summed E-state index contributed by atoms with van der Waals surface area (Å²) in [6, 6.07) is 14.8. The summed E-state index contributed by atoms with van der Waals surface area (Å²) in [5.41, 5.74) is 3.66. The van der Waals surface area contributed by atoms with Crippen molar-refractivity contribution in [3.63, 3.8) is 0 Å². The van der Waals surface area contributed by atoms with Gasteiger partial charge in [0.2, 0.25) is 0 Å². The van der Waals surface area contributed by atoms with Crippen molar-refractivity contribution in [3.8, 4) is 5.75 Å². The average molecular weight is 382 g/mol. The topological polar surface area (TPSA) is 28.6 Å². The zero-order valence-corrected chi connectivity index (χ0v) is 17.7. The molecule has 0 spiro atoms. The van der Waals surface area contributed by atoms with Crippen molar-refractivity contribution in [3.05, 3.63) is 59.4 Å². The summed E-state index contributed by atoms with van der Waals surface area (Å²) in [4.78, 5) is 9.88. The predicted molar refractivity (Wildman–Crippen MR) is 116 cm³/mol. The molecule has 1 atom stereocenters. The molecular formula is C24H35N3O. The number of piperidine rings is 1. The van der Waals surface area contributed by atoms with Crippen molar-refractivity contribution in [1.82, 2.24) is 14.8 Å². The molecule has 0 saturated carbocycles. The molecule has 1 aromatic heterocycles.